The fourth-order valence-corrected chi connectivity index (χ4v) is 3.26. The Kier molecular flexibility index (Phi) is 5.52. The Labute approximate surface area is 164 Å². The van der Waals surface area contributed by atoms with E-state index in [1.807, 2.05) is 71.6 Å². The number of hydrogen-bond donors (Lipinski definition) is 0. The van der Waals surface area contributed by atoms with E-state index in [2.05, 4.69) is 4.98 Å². The van der Waals surface area contributed by atoms with Gasteiger partial charge in [-0.1, -0.05) is 18.2 Å². The maximum Gasteiger partial charge on any atom is 0.253 e. The van der Waals surface area contributed by atoms with Crippen LogP contribution in [0.5, 0.6) is 17.2 Å². The number of piperidine rings is 1. The lowest BCUT2D eigenvalue weighted by molar-refractivity contribution is 0.0595. The highest BCUT2D eigenvalue weighted by Gasteiger charge is 2.24. The molecular formula is C23H22N2O3. The van der Waals surface area contributed by atoms with Crippen molar-refractivity contribution >= 4 is 5.91 Å². The number of hydrogen-bond acceptors (Lipinski definition) is 4. The van der Waals surface area contributed by atoms with E-state index >= 15 is 0 Å². The number of pyridine rings is 1. The fourth-order valence-electron chi connectivity index (χ4n) is 3.26. The van der Waals surface area contributed by atoms with Crippen molar-refractivity contribution in [2.45, 2.75) is 18.9 Å². The van der Waals surface area contributed by atoms with Crippen LogP contribution in [0.15, 0.2) is 79.1 Å². The van der Waals surface area contributed by atoms with Gasteiger partial charge in [-0.15, -0.1) is 0 Å². The number of carbonyl (C=O) groups is 1. The second-order valence-corrected chi connectivity index (χ2v) is 6.74. The van der Waals surface area contributed by atoms with E-state index < -0.39 is 0 Å². The van der Waals surface area contributed by atoms with Crippen LogP contribution in [0, 0.1) is 0 Å². The molecule has 1 fully saturated rings. The number of likely N-dealkylation sites (tertiary alicyclic amines) is 1. The van der Waals surface area contributed by atoms with Crippen LogP contribution in [0.1, 0.15) is 23.2 Å². The molecule has 0 unspecified atom stereocenters. The van der Waals surface area contributed by atoms with Crippen molar-refractivity contribution in [3.63, 3.8) is 0 Å². The van der Waals surface area contributed by atoms with Crippen molar-refractivity contribution in [3.8, 4) is 17.2 Å². The normalized spacial score (nSPS) is 14.5. The molecule has 1 amide bonds. The highest BCUT2D eigenvalue weighted by molar-refractivity contribution is 5.94. The molecule has 5 nitrogen and oxygen atoms in total. The van der Waals surface area contributed by atoms with Crippen LogP contribution in [0.4, 0.5) is 0 Å². The van der Waals surface area contributed by atoms with E-state index in [1.165, 1.54) is 0 Å². The van der Waals surface area contributed by atoms with Crippen molar-refractivity contribution in [2.75, 3.05) is 13.1 Å². The van der Waals surface area contributed by atoms with Gasteiger partial charge in [-0.3, -0.25) is 9.78 Å². The van der Waals surface area contributed by atoms with Crippen molar-refractivity contribution in [3.05, 3.63) is 84.7 Å². The molecule has 142 valence electrons. The van der Waals surface area contributed by atoms with Crippen molar-refractivity contribution < 1.29 is 14.3 Å². The lowest BCUT2D eigenvalue weighted by Crippen LogP contribution is -2.41. The van der Waals surface area contributed by atoms with E-state index in [1.54, 1.807) is 12.4 Å². The number of carbonyl (C=O) groups excluding carboxylic acids is 1. The molecule has 0 atom stereocenters. The SMILES string of the molecule is O=C(c1ccc(Oc2ccccc2)cc1)N1CCC(Oc2cccnc2)CC1. The van der Waals surface area contributed by atoms with E-state index in [0.717, 1.165) is 24.3 Å². The predicted octanol–water partition coefficient (Wildman–Crippen LogP) is 4.56. The third-order valence-corrected chi connectivity index (χ3v) is 4.75. The molecule has 0 aliphatic carbocycles. The minimum absolute atomic E-state index is 0.0473. The van der Waals surface area contributed by atoms with Crippen LogP contribution in [-0.4, -0.2) is 35.0 Å². The van der Waals surface area contributed by atoms with Crippen molar-refractivity contribution in [1.29, 1.82) is 0 Å². The van der Waals surface area contributed by atoms with Crippen LogP contribution in [-0.2, 0) is 0 Å². The Morgan fingerprint density at radius 1 is 0.857 bits per heavy atom. The summed E-state index contributed by atoms with van der Waals surface area (Å²) in [4.78, 5) is 18.7. The first-order valence-corrected chi connectivity index (χ1v) is 9.47. The number of aromatic nitrogens is 1. The summed E-state index contributed by atoms with van der Waals surface area (Å²) in [6, 6.07) is 20.7. The Morgan fingerprint density at radius 2 is 1.54 bits per heavy atom. The molecule has 0 bridgehead atoms. The fraction of sp³-hybridized carbons (Fsp3) is 0.217. The zero-order valence-electron chi connectivity index (χ0n) is 15.5. The molecule has 1 aliphatic rings. The summed E-state index contributed by atoms with van der Waals surface area (Å²) in [6.45, 7) is 1.37. The lowest BCUT2D eigenvalue weighted by atomic mass is 10.1. The van der Waals surface area contributed by atoms with Crippen LogP contribution in [0.3, 0.4) is 0 Å². The summed E-state index contributed by atoms with van der Waals surface area (Å²) in [5.74, 6) is 2.32. The van der Waals surface area contributed by atoms with Gasteiger partial charge >= 0.3 is 0 Å². The van der Waals surface area contributed by atoms with Crippen molar-refractivity contribution in [2.24, 2.45) is 0 Å². The summed E-state index contributed by atoms with van der Waals surface area (Å²) < 4.78 is 11.7. The Balaban J connectivity index is 1.31. The number of ether oxygens (including phenoxy) is 2. The summed E-state index contributed by atoms with van der Waals surface area (Å²) in [7, 11) is 0. The first-order valence-electron chi connectivity index (χ1n) is 9.47. The zero-order chi connectivity index (χ0) is 19.2. The summed E-state index contributed by atoms with van der Waals surface area (Å²) in [5, 5.41) is 0. The van der Waals surface area contributed by atoms with Crippen LogP contribution >= 0.6 is 0 Å². The topological polar surface area (TPSA) is 51.7 Å². The number of nitrogens with zero attached hydrogens (tertiary/aromatic N) is 2. The van der Waals surface area contributed by atoms with Gasteiger partial charge in [-0.05, 0) is 48.5 Å². The molecule has 1 aliphatic heterocycles. The summed E-state index contributed by atoms with van der Waals surface area (Å²) >= 11 is 0. The van der Waals surface area contributed by atoms with E-state index in [4.69, 9.17) is 9.47 Å². The molecule has 2 aromatic carbocycles. The third kappa shape index (κ3) is 4.49. The van der Waals surface area contributed by atoms with Crippen LogP contribution in [0.25, 0.3) is 0 Å². The van der Waals surface area contributed by atoms with Gasteiger partial charge in [0.1, 0.15) is 23.4 Å². The van der Waals surface area contributed by atoms with Crippen LogP contribution in [0.2, 0.25) is 0 Å². The minimum Gasteiger partial charge on any atom is -0.489 e. The Hall–Kier alpha value is -3.34. The first-order chi connectivity index (χ1) is 13.8. The van der Waals surface area contributed by atoms with Gasteiger partial charge in [-0.25, -0.2) is 0 Å². The molecule has 4 rings (SSSR count). The molecule has 2 heterocycles. The van der Waals surface area contributed by atoms with Gasteiger partial charge in [0.05, 0.1) is 6.20 Å². The third-order valence-electron chi connectivity index (χ3n) is 4.75. The summed E-state index contributed by atoms with van der Waals surface area (Å²) in [6.07, 6.45) is 5.20. The van der Waals surface area contributed by atoms with E-state index in [0.29, 0.717) is 24.4 Å². The van der Waals surface area contributed by atoms with E-state index in [9.17, 15) is 4.79 Å². The zero-order valence-corrected chi connectivity index (χ0v) is 15.5. The van der Waals surface area contributed by atoms with E-state index in [-0.39, 0.29) is 12.0 Å². The lowest BCUT2D eigenvalue weighted by Gasteiger charge is -2.32. The number of amides is 1. The molecule has 3 aromatic rings. The Morgan fingerprint density at radius 3 is 2.21 bits per heavy atom. The summed E-state index contributed by atoms with van der Waals surface area (Å²) in [5.41, 5.74) is 0.673. The van der Waals surface area contributed by atoms with Gasteiger partial charge < -0.3 is 14.4 Å². The smallest absolute Gasteiger partial charge is 0.253 e. The second kappa shape index (κ2) is 8.57. The Bertz CT molecular complexity index is 890. The van der Waals surface area contributed by atoms with Gasteiger partial charge in [0.15, 0.2) is 0 Å². The molecule has 0 spiro atoms. The largest absolute Gasteiger partial charge is 0.489 e. The molecule has 1 saturated heterocycles. The quantitative estimate of drug-likeness (QED) is 0.657. The maximum atomic E-state index is 12.8. The molecule has 0 radical (unpaired) electrons. The second-order valence-electron chi connectivity index (χ2n) is 6.74. The van der Waals surface area contributed by atoms with Gasteiger partial charge in [0.2, 0.25) is 0 Å². The van der Waals surface area contributed by atoms with Gasteiger partial charge in [0.25, 0.3) is 5.91 Å². The minimum atomic E-state index is 0.0473. The number of rotatable bonds is 5. The molecule has 0 saturated carbocycles. The molecule has 1 aromatic heterocycles. The first kappa shape index (κ1) is 18.0. The van der Waals surface area contributed by atoms with Gasteiger partial charge in [-0.2, -0.15) is 0 Å². The standard InChI is InChI=1S/C23H22N2O3/c26-23(18-8-10-20(11-9-18)27-19-5-2-1-3-6-19)25-15-12-21(13-16-25)28-22-7-4-14-24-17-22/h1-11,14,17,21H,12-13,15-16H2. The predicted molar refractivity (Wildman–Crippen MR) is 107 cm³/mol. The molecular weight excluding hydrogens is 352 g/mol. The monoisotopic (exact) mass is 374 g/mol. The average molecular weight is 374 g/mol. The molecule has 0 N–H and O–H groups in total. The van der Waals surface area contributed by atoms with Crippen molar-refractivity contribution in [1.82, 2.24) is 9.88 Å². The number of benzene rings is 2. The molecule has 5 heteroatoms. The number of para-hydroxylation sites is 1. The average Bonchev–Trinajstić information content (AvgIpc) is 2.76. The van der Waals surface area contributed by atoms with Crippen LogP contribution < -0.4 is 9.47 Å². The highest BCUT2D eigenvalue weighted by atomic mass is 16.5. The molecule has 28 heavy (non-hydrogen) atoms. The maximum absolute atomic E-state index is 12.8. The van der Waals surface area contributed by atoms with Gasteiger partial charge in [0, 0.05) is 37.7 Å². The highest BCUT2D eigenvalue weighted by Crippen LogP contribution is 2.23.